The second-order valence-electron chi connectivity index (χ2n) is 3.77. The van der Waals surface area contributed by atoms with Crippen LogP contribution in [0.25, 0.3) is 0 Å². The Kier molecular flexibility index (Phi) is 5.12. The molecule has 0 spiro atoms. The van der Waals surface area contributed by atoms with Gasteiger partial charge in [0.15, 0.2) is 0 Å². The SMILES string of the molecule is CCCCN(CC)Cc1cccnc1N. The van der Waals surface area contributed by atoms with Gasteiger partial charge in [0.1, 0.15) is 5.82 Å². The molecule has 0 aromatic carbocycles. The Morgan fingerprint density at radius 3 is 2.80 bits per heavy atom. The Bertz CT molecular complexity index is 286. The summed E-state index contributed by atoms with van der Waals surface area (Å²) in [6.45, 7) is 7.51. The van der Waals surface area contributed by atoms with E-state index in [1.54, 1.807) is 6.20 Å². The van der Waals surface area contributed by atoms with Crippen molar-refractivity contribution in [1.82, 2.24) is 9.88 Å². The molecule has 0 unspecified atom stereocenters. The van der Waals surface area contributed by atoms with E-state index < -0.39 is 0 Å². The second kappa shape index (κ2) is 6.40. The summed E-state index contributed by atoms with van der Waals surface area (Å²) in [5, 5.41) is 0. The summed E-state index contributed by atoms with van der Waals surface area (Å²) in [5.74, 6) is 0.660. The van der Waals surface area contributed by atoms with Crippen LogP contribution in [-0.4, -0.2) is 23.0 Å². The number of nitrogen functional groups attached to an aromatic ring is 1. The molecule has 3 heteroatoms. The molecule has 1 rings (SSSR count). The highest BCUT2D eigenvalue weighted by Crippen LogP contribution is 2.10. The minimum Gasteiger partial charge on any atom is -0.383 e. The standard InChI is InChI=1S/C12H21N3/c1-3-5-9-15(4-2)10-11-7-6-8-14-12(11)13/h6-8H,3-5,9-10H2,1-2H3,(H2,13,14). The quantitative estimate of drug-likeness (QED) is 0.778. The van der Waals surface area contributed by atoms with Crippen LogP contribution in [0.1, 0.15) is 32.3 Å². The summed E-state index contributed by atoms with van der Waals surface area (Å²) in [7, 11) is 0. The number of hydrogen-bond donors (Lipinski definition) is 1. The molecule has 1 aromatic heterocycles. The number of anilines is 1. The van der Waals surface area contributed by atoms with Crippen molar-refractivity contribution < 1.29 is 0 Å². The molecule has 0 bridgehead atoms. The maximum Gasteiger partial charge on any atom is 0.127 e. The molecule has 0 amide bonds. The minimum absolute atomic E-state index is 0.660. The lowest BCUT2D eigenvalue weighted by Crippen LogP contribution is -2.24. The number of nitrogens with zero attached hydrogens (tertiary/aromatic N) is 2. The molecule has 0 atom stereocenters. The molecule has 0 aliphatic rings. The highest BCUT2D eigenvalue weighted by atomic mass is 15.1. The lowest BCUT2D eigenvalue weighted by molar-refractivity contribution is 0.275. The summed E-state index contributed by atoms with van der Waals surface area (Å²) in [4.78, 5) is 6.50. The van der Waals surface area contributed by atoms with E-state index in [1.807, 2.05) is 6.07 Å². The molecular weight excluding hydrogens is 186 g/mol. The Morgan fingerprint density at radius 1 is 1.40 bits per heavy atom. The molecule has 0 saturated carbocycles. The summed E-state index contributed by atoms with van der Waals surface area (Å²) < 4.78 is 0. The first kappa shape index (κ1) is 12.0. The van der Waals surface area contributed by atoms with Crippen molar-refractivity contribution >= 4 is 5.82 Å². The van der Waals surface area contributed by atoms with Crippen molar-refractivity contribution in [3.05, 3.63) is 23.9 Å². The molecule has 0 saturated heterocycles. The van der Waals surface area contributed by atoms with E-state index in [2.05, 4.69) is 29.8 Å². The molecule has 15 heavy (non-hydrogen) atoms. The normalized spacial score (nSPS) is 10.9. The number of unbranched alkanes of at least 4 members (excludes halogenated alkanes) is 1. The Labute approximate surface area is 92.3 Å². The van der Waals surface area contributed by atoms with Gasteiger partial charge in [0.05, 0.1) is 0 Å². The number of nitrogens with two attached hydrogens (primary N) is 1. The topological polar surface area (TPSA) is 42.2 Å². The molecule has 2 N–H and O–H groups in total. The fourth-order valence-corrected chi connectivity index (χ4v) is 1.56. The van der Waals surface area contributed by atoms with Gasteiger partial charge in [-0.05, 0) is 25.6 Å². The molecule has 0 aliphatic carbocycles. The van der Waals surface area contributed by atoms with Gasteiger partial charge in [0.25, 0.3) is 0 Å². The first-order valence-corrected chi connectivity index (χ1v) is 5.69. The van der Waals surface area contributed by atoms with Crippen molar-refractivity contribution in [3.8, 4) is 0 Å². The minimum atomic E-state index is 0.660. The number of pyridine rings is 1. The maximum atomic E-state index is 5.81. The predicted molar refractivity (Wildman–Crippen MR) is 64.5 cm³/mol. The van der Waals surface area contributed by atoms with Crippen LogP contribution >= 0.6 is 0 Å². The van der Waals surface area contributed by atoms with E-state index in [0.29, 0.717) is 5.82 Å². The molecule has 3 nitrogen and oxygen atoms in total. The highest BCUT2D eigenvalue weighted by molar-refractivity contribution is 5.38. The Balaban J connectivity index is 2.54. The molecule has 0 aliphatic heterocycles. The van der Waals surface area contributed by atoms with Crippen LogP contribution in [0.4, 0.5) is 5.82 Å². The molecule has 1 aromatic rings. The average molecular weight is 207 g/mol. The maximum absolute atomic E-state index is 5.81. The van der Waals surface area contributed by atoms with Crippen LogP contribution < -0.4 is 5.73 Å². The smallest absolute Gasteiger partial charge is 0.127 e. The zero-order valence-electron chi connectivity index (χ0n) is 9.74. The molecule has 1 heterocycles. The number of rotatable bonds is 6. The largest absolute Gasteiger partial charge is 0.383 e. The van der Waals surface area contributed by atoms with Gasteiger partial charge in [-0.1, -0.05) is 26.3 Å². The molecule has 84 valence electrons. The zero-order chi connectivity index (χ0) is 11.1. The lowest BCUT2D eigenvalue weighted by atomic mass is 10.2. The van der Waals surface area contributed by atoms with E-state index in [9.17, 15) is 0 Å². The lowest BCUT2D eigenvalue weighted by Gasteiger charge is -2.20. The zero-order valence-corrected chi connectivity index (χ0v) is 9.74. The summed E-state index contributed by atoms with van der Waals surface area (Å²) >= 11 is 0. The molecular formula is C12H21N3. The van der Waals surface area contributed by atoms with E-state index in [0.717, 1.165) is 25.2 Å². The van der Waals surface area contributed by atoms with Gasteiger partial charge in [-0.15, -0.1) is 0 Å². The highest BCUT2D eigenvalue weighted by Gasteiger charge is 2.05. The van der Waals surface area contributed by atoms with Crippen LogP contribution in [0.3, 0.4) is 0 Å². The van der Waals surface area contributed by atoms with Crippen LogP contribution in [0, 0.1) is 0 Å². The van der Waals surface area contributed by atoms with E-state index in [-0.39, 0.29) is 0 Å². The van der Waals surface area contributed by atoms with Crippen LogP contribution in [-0.2, 0) is 6.54 Å². The van der Waals surface area contributed by atoms with Crippen molar-refractivity contribution in [2.45, 2.75) is 33.2 Å². The van der Waals surface area contributed by atoms with Crippen molar-refractivity contribution in [2.75, 3.05) is 18.8 Å². The Hall–Kier alpha value is -1.09. The second-order valence-corrected chi connectivity index (χ2v) is 3.77. The first-order valence-electron chi connectivity index (χ1n) is 5.69. The van der Waals surface area contributed by atoms with Gasteiger partial charge < -0.3 is 5.73 Å². The van der Waals surface area contributed by atoms with E-state index >= 15 is 0 Å². The van der Waals surface area contributed by atoms with E-state index in [1.165, 1.54) is 12.8 Å². The van der Waals surface area contributed by atoms with Crippen LogP contribution in [0.5, 0.6) is 0 Å². The van der Waals surface area contributed by atoms with Gasteiger partial charge in [-0.25, -0.2) is 4.98 Å². The average Bonchev–Trinajstić information content (AvgIpc) is 2.26. The van der Waals surface area contributed by atoms with Gasteiger partial charge >= 0.3 is 0 Å². The fourth-order valence-electron chi connectivity index (χ4n) is 1.56. The third-order valence-electron chi connectivity index (χ3n) is 2.60. The number of aromatic nitrogens is 1. The van der Waals surface area contributed by atoms with Gasteiger partial charge in [0, 0.05) is 18.3 Å². The summed E-state index contributed by atoms with van der Waals surface area (Å²) in [6.07, 6.45) is 4.22. The van der Waals surface area contributed by atoms with Gasteiger partial charge in [-0.2, -0.15) is 0 Å². The monoisotopic (exact) mass is 207 g/mol. The Morgan fingerprint density at radius 2 is 2.20 bits per heavy atom. The van der Waals surface area contributed by atoms with Crippen LogP contribution in [0.15, 0.2) is 18.3 Å². The fraction of sp³-hybridized carbons (Fsp3) is 0.583. The van der Waals surface area contributed by atoms with Crippen LogP contribution in [0.2, 0.25) is 0 Å². The predicted octanol–water partition coefficient (Wildman–Crippen LogP) is 2.29. The summed E-state index contributed by atoms with van der Waals surface area (Å²) in [5.41, 5.74) is 6.95. The van der Waals surface area contributed by atoms with Gasteiger partial charge in [-0.3, -0.25) is 4.90 Å². The first-order chi connectivity index (χ1) is 7.27. The number of hydrogen-bond acceptors (Lipinski definition) is 3. The van der Waals surface area contributed by atoms with Gasteiger partial charge in [0.2, 0.25) is 0 Å². The van der Waals surface area contributed by atoms with Crippen molar-refractivity contribution in [2.24, 2.45) is 0 Å². The summed E-state index contributed by atoms with van der Waals surface area (Å²) in [6, 6.07) is 4.00. The third-order valence-corrected chi connectivity index (χ3v) is 2.60. The van der Waals surface area contributed by atoms with E-state index in [4.69, 9.17) is 5.73 Å². The van der Waals surface area contributed by atoms with Crippen molar-refractivity contribution in [1.29, 1.82) is 0 Å². The van der Waals surface area contributed by atoms with Crippen molar-refractivity contribution in [3.63, 3.8) is 0 Å². The molecule has 0 radical (unpaired) electrons. The molecule has 0 fully saturated rings. The third kappa shape index (κ3) is 3.88.